The lowest BCUT2D eigenvalue weighted by Crippen LogP contribution is -2.41. The summed E-state index contributed by atoms with van der Waals surface area (Å²) in [6, 6.07) is 8.51. The van der Waals surface area contributed by atoms with E-state index in [9.17, 15) is 4.79 Å². The molecule has 0 unspecified atom stereocenters. The summed E-state index contributed by atoms with van der Waals surface area (Å²) in [6.07, 6.45) is 5.38. The van der Waals surface area contributed by atoms with Gasteiger partial charge in [0, 0.05) is 25.6 Å². The number of benzene rings is 1. The van der Waals surface area contributed by atoms with Crippen molar-refractivity contribution < 1.29 is 9.21 Å². The van der Waals surface area contributed by atoms with Gasteiger partial charge in [-0.25, -0.2) is 0 Å². The summed E-state index contributed by atoms with van der Waals surface area (Å²) in [7, 11) is 0. The minimum Gasteiger partial charge on any atom is -0.423 e. The summed E-state index contributed by atoms with van der Waals surface area (Å²) in [5, 5.41) is 3.15. The fourth-order valence-corrected chi connectivity index (χ4v) is 4.27. The number of amides is 1. The molecule has 1 aromatic heterocycles. The minimum absolute atomic E-state index is 0.108. The Kier molecular flexibility index (Phi) is 6.15. The maximum Gasteiger partial charge on any atom is 0.298 e. The van der Waals surface area contributed by atoms with Crippen molar-refractivity contribution >= 4 is 23.0 Å². The highest BCUT2D eigenvalue weighted by molar-refractivity contribution is 5.79. The monoisotopic (exact) mass is 384 g/mol. The summed E-state index contributed by atoms with van der Waals surface area (Å²) >= 11 is 0. The molecule has 1 amide bonds. The number of aromatic nitrogens is 1. The fourth-order valence-electron chi connectivity index (χ4n) is 4.27. The summed E-state index contributed by atoms with van der Waals surface area (Å²) in [4.78, 5) is 21.8. The maximum absolute atomic E-state index is 12.5. The Balaban J connectivity index is 1.17. The van der Waals surface area contributed by atoms with Gasteiger partial charge in [-0.1, -0.05) is 19.1 Å². The van der Waals surface area contributed by atoms with E-state index in [2.05, 4.69) is 27.0 Å². The van der Waals surface area contributed by atoms with Crippen molar-refractivity contribution in [1.29, 1.82) is 0 Å². The van der Waals surface area contributed by atoms with Gasteiger partial charge in [0.15, 0.2) is 5.58 Å². The van der Waals surface area contributed by atoms with Gasteiger partial charge in [-0.2, -0.15) is 4.98 Å². The number of rotatable bonds is 6. The van der Waals surface area contributed by atoms with Crippen molar-refractivity contribution in [3.05, 3.63) is 24.3 Å². The Morgan fingerprint density at radius 2 is 1.89 bits per heavy atom. The lowest BCUT2D eigenvalue weighted by molar-refractivity contribution is -0.125. The van der Waals surface area contributed by atoms with E-state index >= 15 is 0 Å². The molecule has 2 aliphatic heterocycles. The molecule has 4 rings (SSSR count). The Labute approximate surface area is 167 Å². The average molecular weight is 385 g/mol. The molecule has 0 radical (unpaired) electrons. The molecule has 0 bridgehead atoms. The van der Waals surface area contributed by atoms with Crippen molar-refractivity contribution in [2.45, 2.75) is 39.0 Å². The Morgan fingerprint density at radius 3 is 2.64 bits per heavy atom. The molecular weight excluding hydrogens is 352 g/mol. The second kappa shape index (κ2) is 8.95. The van der Waals surface area contributed by atoms with E-state index in [0.717, 1.165) is 62.5 Å². The van der Waals surface area contributed by atoms with Crippen LogP contribution in [-0.2, 0) is 4.79 Å². The molecule has 3 heterocycles. The van der Waals surface area contributed by atoms with Crippen LogP contribution in [0, 0.1) is 11.8 Å². The summed E-state index contributed by atoms with van der Waals surface area (Å²) < 4.78 is 5.86. The zero-order valence-corrected chi connectivity index (χ0v) is 16.9. The van der Waals surface area contributed by atoms with Crippen molar-refractivity contribution in [3.8, 4) is 0 Å². The molecule has 0 spiro atoms. The van der Waals surface area contributed by atoms with Crippen LogP contribution in [0.25, 0.3) is 11.1 Å². The molecule has 2 aliphatic rings. The van der Waals surface area contributed by atoms with Crippen LogP contribution in [0.2, 0.25) is 0 Å². The second-order valence-electron chi connectivity index (χ2n) is 8.39. The predicted octanol–water partition coefficient (Wildman–Crippen LogP) is 3.28. The Bertz CT molecular complexity index is 741. The molecule has 2 saturated heterocycles. The van der Waals surface area contributed by atoms with Gasteiger partial charge in [-0.05, 0) is 69.8 Å². The van der Waals surface area contributed by atoms with E-state index in [-0.39, 0.29) is 11.8 Å². The van der Waals surface area contributed by atoms with E-state index in [1.807, 2.05) is 24.3 Å². The van der Waals surface area contributed by atoms with Crippen molar-refractivity contribution in [2.24, 2.45) is 11.8 Å². The highest BCUT2D eigenvalue weighted by Gasteiger charge is 2.27. The molecule has 6 nitrogen and oxygen atoms in total. The SMILES string of the molecule is CC1CCN(CCCNC(=O)C2CCN(c3nc4ccccc4o3)CC2)CC1. The van der Waals surface area contributed by atoms with Crippen molar-refractivity contribution in [2.75, 3.05) is 44.2 Å². The smallest absolute Gasteiger partial charge is 0.298 e. The molecule has 0 atom stereocenters. The Morgan fingerprint density at radius 1 is 1.14 bits per heavy atom. The van der Waals surface area contributed by atoms with Crippen LogP contribution in [0.5, 0.6) is 0 Å². The van der Waals surface area contributed by atoms with Gasteiger partial charge in [-0.15, -0.1) is 0 Å². The molecule has 0 aliphatic carbocycles. The first-order valence-electron chi connectivity index (χ1n) is 10.8. The maximum atomic E-state index is 12.5. The first-order chi connectivity index (χ1) is 13.7. The Hall–Kier alpha value is -2.08. The number of piperidine rings is 2. The van der Waals surface area contributed by atoms with Crippen molar-refractivity contribution in [1.82, 2.24) is 15.2 Å². The first kappa shape index (κ1) is 19.2. The average Bonchev–Trinajstić information content (AvgIpc) is 3.17. The molecular formula is C22H32N4O2. The number of hydrogen-bond acceptors (Lipinski definition) is 5. The molecule has 1 aromatic carbocycles. The quantitative estimate of drug-likeness (QED) is 0.775. The lowest BCUT2D eigenvalue weighted by Gasteiger charge is -2.31. The predicted molar refractivity (Wildman–Crippen MR) is 111 cm³/mol. The highest BCUT2D eigenvalue weighted by atomic mass is 16.4. The van der Waals surface area contributed by atoms with Crippen LogP contribution in [-0.4, -0.2) is 55.1 Å². The first-order valence-corrected chi connectivity index (χ1v) is 10.8. The second-order valence-corrected chi connectivity index (χ2v) is 8.39. The van der Waals surface area contributed by atoms with Crippen LogP contribution in [0.3, 0.4) is 0 Å². The van der Waals surface area contributed by atoms with Gasteiger partial charge < -0.3 is 19.5 Å². The molecule has 2 aromatic rings. The van der Waals surface area contributed by atoms with Crippen LogP contribution < -0.4 is 10.2 Å². The number of carbonyl (C=O) groups is 1. The molecule has 0 saturated carbocycles. The third kappa shape index (κ3) is 4.66. The normalized spacial score (nSPS) is 20.0. The fraction of sp³-hybridized carbons (Fsp3) is 0.636. The van der Waals surface area contributed by atoms with Gasteiger partial charge in [0.1, 0.15) is 5.52 Å². The number of oxazole rings is 1. The van der Waals surface area contributed by atoms with Gasteiger partial charge in [0.2, 0.25) is 5.91 Å². The lowest BCUT2D eigenvalue weighted by atomic mass is 9.96. The van der Waals surface area contributed by atoms with E-state index in [4.69, 9.17) is 4.42 Å². The number of anilines is 1. The summed E-state index contributed by atoms with van der Waals surface area (Å²) in [5.41, 5.74) is 1.71. The number of hydrogen-bond donors (Lipinski definition) is 1. The number of nitrogens with zero attached hydrogens (tertiary/aromatic N) is 3. The zero-order chi connectivity index (χ0) is 19.3. The summed E-state index contributed by atoms with van der Waals surface area (Å²) in [5.74, 6) is 1.19. The van der Waals surface area contributed by atoms with E-state index in [1.165, 1.54) is 25.9 Å². The standard InChI is InChI=1S/C22H32N4O2/c1-17-7-13-25(14-8-17)12-4-11-23-21(27)18-9-15-26(16-10-18)22-24-19-5-2-3-6-20(19)28-22/h2-3,5-6,17-18H,4,7-16H2,1H3,(H,23,27). The van der Waals surface area contributed by atoms with Crippen molar-refractivity contribution in [3.63, 3.8) is 0 Å². The van der Waals surface area contributed by atoms with Gasteiger partial charge in [0.05, 0.1) is 0 Å². The highest BCUT2D eigenvalue weighted by Crippen LogP contribution is 2.26. The van der Waals surface area contributed by atoms with Crippen LogP contribution in [0.15, 0.2) is 28.7 Å². The van der Waals surface area contributed by atoms with Gasteiger partial charge in [0.25, 0.3) is 6.01 Å². The molecule has 152 valence electrons. The molecule has 28 heavy (non-hydrogen) atoms. The topological polar surface area (TPSA) is 61.6 Å². The molecule has 6 heteroatoms. The zero-order valence-electron chi connectivity index (χ0n) is 16.9. The van der Waals surface area contributed by atoms with Gasteiger partial charge >= 0.3 is 0 Å². The summed E-state index contributed by atoms with van der Waals surface area (Å²) in [6.45, 7) is 8.28. The largest absolute Gasteiger partial charge is 0.423 e. The third-order valence-electron chi connectivity index (χ3n) is 6.25. The van der Waals surface area contributed by atoms with E-state index in [0.29, 0.717) is 6.01 Å². The molecule has 2 fully saturated rings. The minimum atomic E-state index is 0.108. The number of fused-ring (bicyclic) bond motifs is 1. The van der Waals surface area contributed by atoms with Crippen LogP contribution in [0.1, 0.15) is 39.0 Å². The number of nitrogens with one attached hydrogen (secondary N) is 1. The van der Waals surface area contributed by atoms with E-state index < -0.39 is 0 Å². The van der Waals surface area contributed by atoms with Crippen LogP contribution >= 0.6 is 0 Å². The molecule has 1 N–H and O–H groups in total. The number of likely N-dealkylation sites (tertiary alicyclic amines) is 1. The van der Waals surface area contributed by atoms with Gasteiger partial charge in [-0.3, -0.25) is 4.79 Å². The van der Waals surface area contributed by atoms with Crippen LogP contribution in [0.4, 0.5) is 6.01 Å². The number of para-hydroxylation sites is 2. The van der Waals surface area contributed by atoms with E-state index in [1.54, 1.807) is 0 Å². The third-order valence-corrected chi connectivity index (χ3v) is 6.25. The number of carbonyl (C=O) groups excluding carboxylic acids is 1.